The van der Waals surface area contributed by atoms with Crippen molar-refractivity contribution in [2.24, 2.45) is 0 Å². The van der Waals surface area contributed by atoms with Crippen LogP contribution in [0.3, 0.4) is 0 Å². The number of aliphatic hydroxyl groups excluding tert-OH is 1. The van der Waals surface area contributed by atoms with Gasteiger partial charge in [-0.15, -0.1) is 0 Å². The zero-order valence-electron chi connectivity index (χ0n) is 10.6. The Morgan fingerprint density at radius 1 is 1.20 bits per heavy atom. The lowest BCUT2D eigenvalue weighted by Gasteiger charge is -2.17. The largest absolute Gasteiger partial charge is 0.508 e. The number of phenolic OH excluding ortho intramolecular Hbond substituents is 1. The summed E-state index contributed by atoms with van der Waals surface area (Å²) in [4.78, 5) is 12.1. The van der Waals surface area contributed by atoms with Crippen molar-refractivity contribution in [3.05, 3.63) is 64.7 Å². The third-order valence-corrected chi connectivity index (χ3v) is 3.21. The average molecular weight is 292 g/mol. The van der Waals surface area contributed by atoms with Gasteiger partial charge in [0.1, 0.15) is 5.75 Å². The molecule has 0 fully saturated rings. The molecule has 0 aliphatic carbocycles. The van der Waals surface area contributed by atoms with Crippen molar-refractivity contribution in [2.75, 3.05) is 6.61 Å². The molecule has 0 bridgehead atoms. The number of nitrogens with one attached hydrogen (secondary N) is 1. The van der Waals surface area contributed by atoms with Crippen LogP contribution in [0.25, 0.3) is 0 Å². The van der Waals surface area contributed by atoms with Crippen LogP contribution >= 0.6 is 11.6 Å². The van der Waals surface area contributed by atoms with E-state index < -0.39 is 11.9 Å². The predicted molar refractivity (Wildman–Crippen MR) is 76.9 cm³/mol. The lowest BCUT2D eigenvalue weighted by molar-refractivity contribution is 0.0916. The molecule has 104 valence electrons. The van der Waals surface area contributed by atoms with Gasteiger partial charge in [0.15, 0.2) is 0 Å². The van der Waals surface area contributed by atoms with Crippen LogP contribution in [0.5, 0.6) is 5.75 Å². The molecule has 2 rings (SSSR count). The zero-order chi connectivity index (χ0) is 14.5. The molecule has 3 N–H and O–H groups in total. The van der Waals surface area contributed by atoms with E-state index in [-0.39, 0.29) is 22.9 Å². The van der Waals surface area contributed by atoms with E-state index in [1.54, 1.807) is 0 Å². The van der Waals surface area contributed by atoms with Crippen molar-refractivity contribution in [3.63, 3.8) is 0 Å². The molecule has 0 heterocycles. The standard InChI is InChI=1S/C15H14ClNO3/c16-13-7-6-11(19)8-12(13)15(20)17-14(9-18)10-4-2-1-3-5-10/h1-8,14,18-19H,9H2,(H,17,20)/t14-/m1/s1. The summed E-state index contributed by atoms with van der Waals surface area (Å²) in [5.41, 5.74) is 0.959. The Bertz CT molecular complexity index is 601. The van der Waals surface area contributed by atoms with Crippen LogP contribution in [-0.4, -0.2) is 22.7 Å². The third-order valence-electron chi connectivity index (χ3n) is 2.88. The quantitative estimate of drug-likeness (QED) is 0.811. The first-order chi connectivity index (χ1) is 9.61. The van der Waals surface area contributed by atoms with Gasteiger partial charge in [-0.2, -0.15) is 0 Å². The second-order valence-corrected chi connectivity index (χ2v) is 4.69. The summed E-state index contributed by atoms with van der Waals surface area (Å²) in [6, 6.07) is 12.7. The van der Waals surface area contributed by atoms with E-state index in [4.69, 9.17) is 11.6 Å². The number of phenols is 1. The Kier molecular flexibility index (Phi) is 4.61. The van der Waals surface area contributed by atoms with Crippen molar-refractivity contribution < 1.29 is 15.0 Å². The lowest BCUT2D eigenvalue weighted by atomic mass is 10.1. The van der Waals surface area contributed by atoms with Gasteiger partial charge < -0.3 is 15.5 Å². The molecule has 4 nitrogen and oxygen atoms in total. The van der Waals surface area contributed by atoms with Crippen LogP contribution in [-0.2, 0) is 0 Å². The second-order valence-electron chi connectivity index (χ2n) is 4.28. The van der Waals surface area contributed by atoms with Crippen molar-refractivity contribution in [1.82, 2.24) is 5.32 Å². The Balaban J connectivity index is 2.20. The van der Waals surface area contributed by atoms with E-state index in [1.807, 2.05) is 30.3 Å². The van der Waals surface area contributed by atoms with Gasteiger partial charge in [0.2, 0.25) is 0 Å². The van der Waals surface area contributed by atoms with Crippen LogP contribution in [0, 0.1) is 0 Å². The fourth-order valence-electron chi connectivity index (χ4n) is 1.84. The average Bonchev–Trinajstić information content (AvgIpc) is 2.48. The molecule has 0 spiro atoms. The smallest absolute Gasteiger partial charge is 0.253 e. The molecule has 1 amide bonds. The highest BCUT2D eigenvalue weighted by Gasteiger charge is 2.17. The van der Waals surface area contributed by atoms with Gasteiger partial charge in [-0.25, -0.2) is 0 Å². The molecular formula is C15H14ClNO3. The van der Waals surface area contributed by atoms with Crippen LogP contribution in [0.2, 0.25) is 5.02 Å². The maximum Gasteiger partial charge on any atom is 0.253 e. The van der Waals surface area contributed by atoms with E-state index in [0.29, 0.717) is 0 Å². The molecule has 20 heavy (non-hydrogen) atoms. The number of hydrogen-bond acceptors (Lipinski definition) is 3. The topological polar surface area (TPSA) is 69.6 Å². The summed E-state index contributed by atoms with van der Waals surface area (Å²) < 4.78 is 0. The molecule has 0 aliphatic heterocycles. The van der Waals surface area contributed by atoms with Gasteiger partial charge in [0.25, 0.3) is 5.91 Å². The first-order valence-corrected chi connectivity index (χ1v) is 6.45. The molecule has 0 saturated heterocycles. The number of carbonyl (C=O) groups is 1. The second kappa shape index (κ2) is 6.41. The molecule has 0 aliphatic rings. The van der Waals surface area contributed by atoms with E-state index in [1.165, 1.54) is 18.2 Å². The predicted octanol–water partition coefficient (Wildman–Crippen LogP) is 2.51. The van der Waals surface area contributed by atoms with E-state index in [2.05, 4.69) is 5.32 Å². The lowest BCUT2D eigenvalue weighted by Crippen LogP contribution is -2.30. The van der Waals surface area contributed by atoms with E-state index >= 15 is 0 Å². The summed E-state index contributed by atoms with van der Waals surface area (Å²) in [6.07, 6.45) is 0. The molecule has 0 unspecified atom stereocenters. The van der Waals surface area contributed by atoms with Crippen molar-refractivity contribution in [2.45, 2.75) is 6.04 Å². The van der Waals surface area contributed by atoms with Gasteiger partial charge in [-0.3, -0.25) is 4.79 Å². The van der Waals surface area contributed by atoms with Gasteiger partial charge >= 0.3 is 0 Å². The molecule has 5 heteroatoms. The molecule has 0 aromatic heterocycles. The minimum absolute atomic E-state index is 0.0418. The number of aromatic hydroxyl groups is 1. The van der Waals surface area contributed by atoms with Crippen LogP contribution in [0.15, 0.2) is 48.5 Å². The maximum absolute atomic E-state index is 12.1. The summed E-state index contributed by atoms with van der Waals surface area (Å²) in [5.74, 6) is -0.492. The fraction of sp³-hybridized carbons (Fsp3) is 0.133. The number of aliphatic hydroxyl groups is 1. The molecule has 0 radical (unpaired) electrons. The summed E-state index contributed by atoms with van der Waals surface area (Å²) >= 11 is 5.93. The Morgan fingerprint density at radius 3 is 2.55 bits per heavy atom. The SMILES string of the molecule is O=C(N[C@H](CO)c1ccccc1)c1cc(O)ccc1Cl. The molecule has 2 aromatic rings. The minimum Gasteiger partial charge on any atom is -0.508 e. The van der Waals surface area contributed by atoms with E-state index in [0.717, 1.165) is 5.56 Å². The molecular weight excluding hydrogens is 278 g/mol. The third kappa shape index (κ3) is 3.29. The Morgan fingerprint density at radius 2 is 1.90 bits per heavy atom. The molecule has 2 aromatic carbocycles. The maximum atomic E-state index is 12.1. The monoisotopic (exact) mass is 291 g/mol. The van der Waals surface area contributed by atoms with Crippen LogP contribution in [0.4, 0.5) is 0 Å². The number of hydrogen-bond donors (Lipinski definition) is 3. The highest BCUT2D eigenvalue weighted by atomic mass is 35.5. The normalized spacial score (nSPS) is 11.9. The molecule has 0 saturated carbocycles. The summed E-state index contributed by atoms with van der Waals surface area (Å²) in [5, 5.41) is 21.7. The number of benzene rings is 2. The van der Waals surface area contributed by atoms with E-state index in [9.17, 15) is 15.0 Å². The van der Waals surface area contributed by atoms with Crippen molar-refractivity contribution >= 4 is 17.5 Å². The summed E-state index contributed by atoms with van der Waals surface area (Å²) in [6.45, 7) is -0.230. The van der Waals surface area contributed by atoms with Crippen molar-refractivity contribution in [1.29, 1.82) is 0 Å². The minimum atomic E-state index is -0.526. The summed E-state index contributed by atoms with van der Waals surface area (Å²) in [7, 11) is 0. The highest BCUT2D eigenvalue weighted by Crippen LogP contribution is 2.22. The van der Waals surface area contributed by atoms with Gasteiger partial charge in [0.05, 0.1) is 23.2 Å². The zero-order valence-corrected chi connectivity index (χ0v) is 11.3. The highest BCUT2D eigenvalue weighted by molar-refractivity contribution is 6.33. The van der Waals surface area contributed by atoms with Crippen molar-refractivity contribution in [3.8, 4) is 5.75 Å². The number of halogens is 1. The van der Waals surface area contributed by atoms with Gasteiger partial charge in [0, 0.05) is 0 Å². The van der Waals surface area contributed by atoms with Gasteiger partial charge in [-0.1, -0.05) is 41.9 Å². The first kappa shape index (κ1) is 14.4. The molecule has 1 atom stereocenters. The fourth-order valence-corrected chi connectivity index (χ4v) is 2.05. The Hall–Kier alpha value is -2.04. The number of rotatable bonds is 4. The van der Waals surface area contributed by atoms with Crippen LogP contribution in [0.1, 0.15) is 22.0 Å². The first-order valence-electron chi connectivity index (χ1n) is 6.07. The number of carbonyl (C=O) groups excluding carboxylic acids is 1. The van der Waals surface area contributed by atoms with Crippen LogP contribution < -0.4 is 5.32 Å². The number of amides is 1. The van der Waals surface area contributed by atoms with Gasteiger partial charge in [-0.05, 0) is 23.8 Å². The Labute approximate surface area is 121 Å².